The molecule has 0 bridgehead atoms. The van der Waals surface area contributed by atoms with E-state index < -0.39 is 0 Å². The zero-order valence-corrected chi connectivity index (χ0v) is 10.9. The number of unbranched alkanes of at least 4 members (excludes halogenated alkanes) is 1. The van der Waals surface area contributed by atoms with Crippen LogP contribution in [0.3, 0.4) is 0 Å². The second-order valence-corrected chi connectivity index (χ2v) is 5.39. The van der Waals surface area contributed by atoms with Gasteiger partial charge in [-0.05, 0) is 33.4 Å². The van der Waals surface area contributed by atoms with Gasteiger partial charge in [-0.2, -0.15) is 11.8 Å². The fourth-order valence-electron chi connectivity index (χ4n) is 2.14. The molecule has 1 aliphatic heterocycles. The Morgan fingerprint density at radius 2 is 2.47 bits per heavy atom. The molecule has 0 amide bonds. The Labute approximate surface area is 98.5 Å². The predicted octanol–water partition coefficient (Wildman–Crippen LogP) is 1.98. The predicted molar refractivity (Wildman–Crippen MR) is 70.6 cm³/mol. The summed E-state index contributed by atoms with van der Waals surface area (Å²) in [5.74, 6) is 2.56. The van der Waals surface area contributed by atoms with Gasteiger partial charge in [0.25, 0.3) is 0 Å². The van der Waals surface area contributed by atoms with Crippen LogP contribution in [0.2, 0.25) is 0 Å². The molecule has 2 nitrogen and oxygen atoms in total. The molecule has 0 radical (unpaired) electrons. The molecular formula is C12H24N2S. The molecule has 1 heterocycles. The van der Waals surface area contributed by atoms with Crippen molar-refractivity contribution in [2.45, 2.75) is 31.3 Å². The van der Waals surface area contributed by atoms with E-state index in [1.807, 2.05) is 6.08 Å². The first-order valence-electron chi connectivity index (χ1n) is 5.85. The highest BCUT2D eigenvalue weighted by molar-refractivity contribution is 7.99. The van der Waals surface area contributed by atoms with Crippen molar-refractivity contribution in [1.29, 1.82) is 0 Å². The molecule has 1 fully saturated rings. The highest BCUT2D eigenvalue weighted by atomic mass is 32.2. The summed E-state index contributed by atoms with van der Waals surface area (Å²) in [5, 5.41) is 3.47. The fourth-order valence-corrected chi connectivity index (χ4v) is 3.45. The van der Waals surface area contributed by atoms with Crippen LogP contribution in [-0.2, 0) is 0 Å². The first-order chi connectivity index (χ1) is 7.29. The van der Waals surface area contributed by atoms with Crippen molar-refractivity contribution in [3.05, 3.63) is 12.7 Å². The van der Waals surface area contributed by atoms with Crippen LogP contribution in [-0.4, -0.2) is 49.1 Å². The first-order valence-corrected chi connectivity index (χ1v) is 7.01. The molecule has 0 spiro atoms. The van der Waals surface area contributed by atoms with Crippen LogP contribution in [0.4, 0.5) is 0 Å². The van der Waals surface area contributed by atoms with Crippen LogP contribution >= 0.6 is 11.8 Å². The number of nitrogens with zero attached hydrogens (tertiary/aromatic N) is 1. The van der Waals surface area contributed by atoms with E-state index in [0.717, 1.165) is 6.42 Å². The van der Waals surface area contributed by atoms with Crippen LogP contribution < -0.4 is 5.32 Å². The zero-order chi connectivity index (χ0) is 11.1. The molecule has 0 aromatic rings. The van der Waals surface area contributed by atoms with E-state index in [2.05, 4.69) is 42.7 Å². The lowest BCUT2D eigenvalue weighted by molar-refractivity contribution is 0.212. The van der Waals surface area contributed by atoms with E-state index in [0.29, 0.717) is 12.1 Å². The molecule has 0 saturated carbocycles. The Balaban J connectivity index is 2.37. The number of hydrogen-bond acceptors (Lipinski definition) is 3. The lowest BCUT2D eigenvalue weighted by Gasteiger charge is -2.37. The van der Waals surface area contributed by atoms with E-state index in [4.69, 9.17) is 0 Å². The maximum Gasteiger partial charge on any atom is 0.0337 e. The first kappa shape index (κ1) is 13.1. The van der Waals surface area contributed by atoms with Gasteiger partial charge in [-0.25, -0.2) is 0 Å². The maximum atomic E-state index is 3.78. The molecule has 15 heavy (non-hydrogen) atoms. The summed E-state index contributed by atoms with van der Waals surface area (Å²) in [7, 11) is 4.34. The number of nitrogens with one attached hydrogen (secondary N) is 1. The van der Waals surface area contributed by atoms with E-state index >= 15 is 0 Å². The summed E-state index contributed by atoms with van der Waals surface area (Å²) >= 11 is 2.09. The van der Waals surface area contributed by atoms with Crippen LogP contribution in [0.25, 0.3) is 0 Å². The maximum absolute atomic E-state index is 3.78. The summed E-state index contributed by atoms with van der Waals surface area (Å²) in [6.45, 7) is 5.01. The smallest absolute Gasteiger partial charge is 0.0337 e. The molecular weight excluding hydrogens is 204 g/mol. The monoisotopic (exact) mass is 228 g/mol. The van der Waals surface area contributed by atoms with Gasteiger partial charge in [0.15, 0.2) is 0 Å². The molecule has 0 aromatic heterocycles. The van der Waals surface area contributed by atoms with Crippen LogP contribution in [0.1, 0.15) is 19.3 Å². The number of likely N-dealkylation sites (N-methyl/N-ethyl adjacent to an activating group) is 2. The lowest BCUT2D eigenvalue weighted by Crippen LogP contribution is -2.51. The highest BCUT2D eigenvalue weighted by Crippen LogP contribution is 2.19. The Morgan fingerprint density at radius 1 is 1.67 bits per heavy atom. The SMILES string of the molecule is C=CCCCC(NC)C1CSCCN1C. The fraction of sp³-hybridized carbons (Fsp3) is 0.833. The third-order valence-electron chi connectivity index (χ3n) is 3.20. The van der Waals surface area contributed by atoms with Crippen molar-refractivity contribution in [3.8, 4) is 0 Å². The van der Waals surface area contributed by atoms with Gasteiger partial charge < -0.3 is 10.2 Å². The summed E-state index contributed by atoms with van der Waals surface area (Å²) in [6, 6.07) is 1.35. The van der Waals surface area contributed by atoms with Crippen molar-refractivity contribution in [2.24, 2.45) is 0 Å². The zero-order valence-electron chi connectivity index (χ0n) is 10.0. The van der Waals surface area contributed by atoms with Crippen LogP contribution in [0, 0.1) is 0 Å². The van der Waals surface area contributed by atoms with Crippen molar-refractivity contribution in [1.82, 2.24) is 10.2 Å². The lowest BCUT2D eigenvalue weighted by atomic mass is 10.0. The van der Waals surface area contributed by atoms with Crippen molar-refractivity contribution < 1.29 is 0 Å². The topological polar surface area (TPSA) is 15.3 Å². The minimum absolute atomic E-state index is 0.641. The molecule has 3 heteroatoms. The summed E-state index contributed by atoms with van der Waals surface area (Å²) < 4.78 is 0. The van der Waals surface area contributed by atoms with Gasteiger partial charge in [-0.15, -0.1) is 6.58 Å². The van der Waals surface area contributed by atoms with Crippen molar-refractivity contribution in [3.63, 3.8) is 0 Å². The quantitative estimate of drug-likeness (QED) is 0.553. The minimum Gasteiger partial charge on any atom is -0.315 e. The van der Waals surface area contributed by atoms with E-state index in [1.165, 1.54) is 30.9 Å². The third kappa shape index (κ3) is 4.17. The standard InChI is InChI=1S/C12H24N2S/c1-4-5-6-7-11(13-2)12-10-15-9-8-14(12)3/h4,11-13H,1,5-10H2,2-3H3. The van der Waals surface area contributed by atoms with Gasteiger partial charge in [-0.3, -0.25) is 0 Å². The molecule has 2 atom stereocenters. The van der Waals surface area contributed by atoms with Gasteiger partial charge in [-0.1, -0.05) is 6.08 Å². The average Bonchev–Trinajstić information content (AvgIpc) is 2.26. The van der Waals surface area contributed by atoms with Gasteiger partial charge in [0.05, 0.1) is 0 Å². The molecule has 0 aromatic carbocycles. The largest absolute Gasteiger partial charge is 0.315 e. The Kier molecular flexibility index (Phi) is 6.37. The number of allylic oxidation sites excluding steroid dienone is 1. The second-order valence-electron chi connectivity index (χ2n) is 4.24. The molecule has 0 aliphatic carbocycles. The molecule has 1 N–H and O–H groups in total. The molecule has 1 rings (SSSR count). The van der Waals surface area contributed by atoms with Gasteiger partial charge in [0.2, 0.25) is 0 Å². The van der Waals surface area contributed by atoms with Crippen molar-refractivity contribution in [2.75, 3.05) is 32.1 Å². The Hall–Kier alpha value is 0.01000. The van der Waals surface area contributed by atoms with Gasteiger partial charge >= 0.3 is 0 Å². The summed E-state index contributed by atoms with van der Waals surface area (Å²) in [5.41, 5.74) is 0. The number of thioether (sulfide) groups is 1. The summed E-state index contributed by atoms with van der Waals surface area (Å²) in [4.78, 5) is 2.51. The molecule has 1 saturated heterocycles. The highest BCUT2D eigenvalue weighted by Gasteiger charge is 2.26. The minimum atomic E-state index is 0.641. The third-order valence-corrected chi connectivity index (χ3v) is 4.25. The second kappa shape index (κ2) is 7.31. The normalized spacial score (nSPS) is 25.1. The summed E-state index contributed by atoms with van der Waals surface area (Å²) in [6.07, 6.45) is 5.68. The van der Waals surface area contributed by atoms with E-state index in [9.17, 15) is 0 Å². The van der Waals surface area contributed by atoms with Crippen molar-refractivity contribution >= 4 is 11.8 Å². The van der Waals surface area contributed by atoms with Crippen LogP contribution in [0.15, 0.2) is 12.7 Å². The van der Waals surface area contributed by atoms with E-state index in [-0.39, 0.29) is 0 Å². The van der Waals surface area contributed by atoms with E-state index in [1.54, 1.807) is 0 Å². The Morgan fingerprint density at radius 3 is 3.07 bits per heavy atom. The number of hydrogen-bond donors (Lipinski definition) is 1. The average molecular weight is 228 g/mol. The van der Waals surface area contributed by atoms with Gasteiger partial charge in [0, 0.05) is 30.1 Å². The molecule has 1 aliphatic rings. The van der Waals surface area contributed by atoms with Crippen LogP contribution in [0.5, 0.6) is 0 Å². The Bertz CT molecular complexity index is 184. The van der Waals surface area contributed by atoms with Gasteiger partial charge in [0.1, 0.15) is 0 Å². The number of rotatable bonds is 6. The molecule has 2 unspecified atom stereocenters. The molecule has 88 valence electrons.